The molecule has 0 spiro atoms. The quantitative estimate of drug-likeness (QED) is 0.736. The average molecular weight is 284 g/mol. The largest absolute Gasteiger partial charge is 0.274 e. The predicted octanol–water partition coefficient (Wildman–Crippen LogP) is 1.67. The van der Waals surface area contributed by atoms with Gasteiger partial charge in [0.25, 0.3) is 0 Å². The Bertz CT molecular complexity index is 401. The van der Waals surface area contributed by atoms with E-state index in [0.29, 0.717) is 23.3 Å². The van der Waals surface area contributed by atoms with Crippen LogP contribution in [0.3, 0.4) is 0 Å². The number of hydrogen-bond donors (Lipinski definition) is 0. The number of carbonyl (C=O) groups is 2. The Kier molecular flexibility index (Phi) is 3.28. The number of halogens is 1. The fourth-order valence-electron chi connectivity index (χ4n) is 1.59. The maximum atomic E-state index is 11.7. The highest BCUT2D eigenvalue weighted by molar-refractivity contribution is 9.10. The number of carbonyl (C=O) groups excluding carboxylic acids is 2. The summed E-state index contributed by atoms with van der Waals surface area (Å²) >= 11 is 3.15. The van der Waals surface area contributed by atoms with Gasteiger partial charge in [0.1, 0.15) is 4.60 Å². The van der Waals surface area contributed by atoms with E-state index in [1.165, 1.54) is 12.4 Å². The molecule has 6 heteroatoms. The molecule has 0 aliphatic carbocycles. The molecule has 0 aromatic carbocycles. The first-order valence-electron chi connectivity index (χ1n) is 5.02. The van der Waals surface area contributed by atoms with Crippen LogP contribution in [-0.4, -0.2) is 21.8 Å². The Balaban J connectivity index is 2.32. The van der Waals surface area contributed by atoms with Gasteiger partial charge < -0.3 is 0 Å². The van der Waals surface area contributed by atoms with Gasteiger partial charge in [0.2, 0.25) is 11.8 Å². The van der Waals surface area contributed by atoms with Gasteiger partial charge in [-0.3, -0.25) is 9.59 Å². The van der Waals surface area contributed by atoms with Gasteiger partial charge in [0, 0.05) is 12.8 Å². The summed E-state index contributed by atoms with van der Waals surface area (Å²) < 4.78 is 0.575. The molecule has 1 fully saturated rings. The monoisotopic (exact) mass is 283 g/mol. The molecule has 0 unspecified atom stereocenters. The zero-order valence-corrected chi connectivity index (χ0v) is 10.1. The zero-order chi connectivity index (χ0) is 11.5. The van der Waals surface area contributed by atoms with Crippen LogP contribution in [0.5, 0.6) is 0 Å². The topological polar surface area (TPSA) is 63.2 Å². The van der Waals surface area contributed by atoms with Crippen LogP contribution in [0.4, 0.5) is 5.82 Å². The van der Waals surface area contributed by atoms with E-state index in [2.05, 4.69) is 25.9 Å². The maximum Gasteiger partial charge on any atom is 0.235 e. The van der Waals surface area contributed by atoms with Gasteiger partial charge in [-0.2, -0.15) is 0 Å². The van der Waals surface area contributed by atoms with Crippen molar-refractivity contribution in [2.24, 2.45) is 0 Å². The minimum absolute atomic E-state index is 0.195. The number of nitrogens with zero attached hydrogens (tertiary/aromatic N) is 3. The van der Waals surface area contributed by atoms with E-state index in [0.717, 1.165) is 17.7 Å². The second-order valence-corrected chi connectivity index (χ2v) is 4.34. The lowest BCUT2D eigenvalue weighted by atomic mass is 10.2. The molecule has 0 saturated carbocycles. The summed E-state index contributed by atoms with van der Waals surface area (Å²) in [5.74, 6) is -0.0849. The third-order valence-corrected chi connectivity index (χ3v) is 2.78. The lowest BCUT2D eigenvalue weighted by molar-refractivity contribution is -0.125. The van der Waals surface area contributed by atoms with Crippen LogP contribution in [0.15, 0.2) is 17.0 Å². The number of amides is 2. The molecule has 1 aromatic heterocycles. The van der Waals surface area contributed by atoms with Crippen molar-refractivity contribution in [3.8, 4) is 0 Å². The summed E-state index contributed by atoms with van der Waals surface area (Å²) in [6.45, 7) is 0. The summed E-state index contributed by atoms with van der Waals surface area (Å²) in [4.78, 5) is 32.6. The summed E-state index contributed by atoms with van der Waals surface area (Å²) in [6, 6.07) is 0. The van der Waals surface area contributed by atoms with E-state index in [-0.39, 0.29) is 11.8 Å². The van der Waals surface area contributed by atoms with Crippen LogP contribution in [0.25, 0.3) is 0 Å². The smallest absolute Gasteiger partial charge is 0.235 e. The van der Waals surface area contributed by atoms with Crippen LogP contribution in [-0.2, 0) is 9.59 Å². The molecular weight excluding hydrogens is 274 g/mol. The first-order chi connectivity index (χ1) is 7.68. The molecule has 1 aliphatic rings. The standard InChI is InChI=1S/C10H10BrN3O2/c11-7-5-13-8(6-12-7)14-9(15)3-1-2-4-10(14)16/h5-6H,1-4H2. The Morgan fingerprint density at radius 1 is 1.06 bits per heavy atom. The second kappa shape index (κ2) is 4.69. The van der Waals surface area contributed by atoms with Crippen molar-refractivity contribution in [1.29, 1.82) is 0 Å². The van der Waals surface area contributed by atoms with Gasteiger partial charge in [-0.05, 0) is 28.8 Å². The molecule has 2 amide bonds. The molecule has 0 atom stereocenters. The fraction of sp³-hybridized carbons (Fsp3) is 0.400. The Morgan fingerprint density at radius 2 is 1.69 bits per heavy atom. The van der Waals surface area contributed by atoms with Gasteiger partial charge in [0.05, 0.1) is 12.4 Å². The Hall–Kier alpha value is -1.30. The third-order valence-electron chi connectivity index (χ3n) is 2.37. The molecule has 0 N–H and O–H groups in total. The van der Waals surface area contributed by atoms with E-state index >= 15 is 0 Å². The molecule has 0 bridgehead atoms. The molecule has 5 nitrogen and oxygen atoms in total. The first-order valence-corrected chi connectivity index (χ1v) is 5.81. The van der Waals surface area contributed by atoms with Crippen molar-refractivity contribution >= 4 is 33.6 Å². The highest BCUT2D eigenvalue weighted by atomic mass is 79.9. The summed E-state index contributed by atoms with van der Waals surface area (Å²) in [7, 11) is 0. The molecule has 1 aromatic rings. The van der Waals surface area contributed by atoms with Crippen LogP contribution in [0.2, 0.25) is 0 Å². The van der Waals surface area contributed by atoms with E-state index in [1.807, 2.05) is 0 Å². The lowest BCUT2D eigenvalue weighted by Gasteiger charge is -2.16. The molecule has 84 valence electrons. The highest BCUT2D eigenvalue weighted by Gasteiger charge is 2.26. The molecule has 2 heterocycles. The Morgan fingerprint density at radius 3 is 2.19 bits per heavy atom. The van der Waals surface area contributed by atoms with Crippen LogP contribution in [0, 0.1) is 0 Å². The maximum absolute atomic E-state index is 11.7. The first kappa shape index (κ1) is 11.2. The summed E-state index contributed by atoms with van der Waals surface area (Å²) in [5.41, 5.74) is 0. The number of rotatable bonds is 1. The van der Waals surface area contributed by atoms with Crippen molar-refractivity contribution in [1.82, 2.24) is 9.97 Å². The number of imide groups is 1. The van der Waals surface area contributed by atoms with Gasteiger partial charge in [-0.1, -0.05) is 0 Å². The molecule has 1 aliphatic heterocycles. The van der Waals surface area contributed by atoms with Crippen molar-refractivity contribution in [3.63, 3.8) is 0 Å². The molecule has 1 saturated heterocycles. The number of aromatic nitrogens is 2. The summed E-state index contributed by atoms with van der Waals surface area (Å²) in [6.07, 6.45) is 5.19. The van der Waals surface area contributed by atoms with Gasteiger partial charge in [-0.15, -0.1) is 0 Å². The van der Waals surface area contributed by atoms with Crippen molar-refractivity contribution in [2.45, 2.75) is 25.7 Å². The fourth-order valence-corrected chi connectivity index (χ4v) is 1.80. The van der Waals surface area contributed by atoms with E-state index in [1.54, 1.807) is 0 Å². The average Bonchev–Trinajstić information content (AvgIpc) is 2.42. The number of anilines is 1. The third kappa shape index (κ3) is 2.27. The molecule has 16 heavy (non-hydrogen) atoms. The number of hydrogen-bond acceptors (Lipinski definition) is 4. The SMILES string of the molecule is O=C1CCCCC(=O)N1c1cnc(Br)cn1. The van der Waals surface area contributed by atoms with E-state index < -0.39 is 0 Å². The summed E-state index contributed by atoms with van der Waals surface area (Å²) in [5, 5.41) is 0. The van der Waals surface area contributed by atoms with Crippen molar-refractivity contribution in [2.75, 3.05) is 4.90 Å². The van der Waals surface area contributed by atoms with E-state index in [9.17, 15) is 9.59 Å². The second-order valence-electron chi connectivity index (χ2n) is 3.53. The highest BCUT2D eigenvalue weighted by Crippen LogP contribution is 2.19. The molecular formula is C10H10BrN3O2. The van der Waals surface area contributed by atoms with Crippen molar-refractivity contribution < 1.29 is 9.59 Å². The predicted molar refractivity (Wildman–Crippen MR) is 60.7 cm³/mol. The van der Waals surface area contributed by atoms with Gasteiger partial charge >= 0.3 is 0 Å². The molecule has 0 radical (unpaired) electrons. The van der Waals surface area contributed by atoms with Crippen molar-refractivity contribution in [3.05, 3.63) is 17.0 Å². The van der Waals surface area contributed by atoms with Gasteiger partial charge in [0.15, 0.2) is 5.82 Å². The van der Waals surface area contributed by atoms with E-state index in [4.69, 9.17) is 0 Å². The van der Waals surface area contributed by atoms with Gasteiger partial charge in [-0.25, -0.2) is 14.9 Å². The van der Waals surface area contributed by atoms with Crippen LogP contribution < -0.4 is 4.90 Å². The Labute approximate surface area is 101 Å². The molecule has 2 rings (SSSR count). The lowest BCUT2D eigenvalue weighted by Crippen LogP contribution is -2.35. The normalized spacial score (nSPS) is 17.4. The minimum Gasteiger partial charge on any atom is -0.274 e. The van der Waals surface area contributed by atoms with Crippen LogP contribution in [0.1, 0.15) is 25.7 Å². The minimum atomic E-state index is -0.195. The van der Waals surface area contributed by atoms with Crippen LogP contribution >= 0.6 is 15.9 Å². The zero-order valence-electron chi connectivity index (χ0n) is 8.52.